The summed E-state index contributed by atoms with van der Waals surface area (Å²) >= 11 is 0. The van der Waals surface area contributed by atoms with Gasteiger partial charge in [-0.1, -0.05) is 0 Å². The van der Waals surface area contributed by atoms with Crippen molar-refractivity contribution in [2.75, 3.05) is 72.7 Å². The van der Waals surface area contributed by atoms with Crippen LogP contribution in [0.15, 0.2) is 0 Å². The van der Waals surface area contributed by atoms with E-state index >= 15 is 0 Å². The van der Waals surface area contributed by atoms with Crippen molar-refractivity contribution in [3.63, 3.8) is 0 Å². The molecule has 1 fully saturated rings. The van der Waals surface area contributed by atoms with Gasteiger partial charge in [0.25, 0.3) is 0 Å². The van der Waals surface area contributed by atoms with Crippen LogP contribution in [0.3, 0.4) is 0 Å². The summed E-state index contributed by atoms with van der Waals surface area (Å²) < 4.78 is 36.9. The molecule has 0 amide bonds. The first-order valence-corrected chi connectivity index (χ1v) is 9.02. The zero-order valence-electron chi connectivity index (χ0n) is 15.2. The van der Waals surface area contributed by atoms with Crippen LogP contribution in [-0.4, -0.2) is 84.9 Å². The zero-order chi connectivity index (χ0) is 18.0. The van der Waals surface area contributed by atoms with Crippen molar-refractivity contribution in [3.8, 4) is 0 Å². The predicted molar refractivity (Wildman–Crippen MR) is 89.5 cm³/mol. The maximum atomic E-state index is 11.0. The highest BCUT2D eigenvalue weighted by molar-refractivity contribution is 5.70. The summed E-state index contributed by atoms with van der Waals surface area (Å²) in [5.41, 5.74) is 0. The average Bonchev–Trinajstić information content (AvgIpc) is 2.63. The number of carbonyl (C=O) groups is 1. The van der Waals surface area contributed by atoms with Crippen LogP contribution < -0.4 is 0 Å². The van der Waals surface area contributed by atoms with Gasteiger partial charge < -0.3 is 33.2 Å². The number of carbonyl (C=O) groups excluding carboxylic acids is 1. The van der Waals surface area contributed by atoms with Crippen LogP contribution in [0.5, 0.6) is 0 Å². The molecule has 1 unspecified atom stereocenters. The lowest BCUT2D eigenvalue weighted by Crippen LogP contribution is -2.24. The number of rotatable bonds is 16. The van der Waals surface area contributed by atoms with Gasteiger partial charge in [0.05, 0.1) is 59.5 Å². The molecule has 0 aromatic rings. The summed E-state index contributed by atoms with van der Waals surface area (Å²) in [7, 11) is 0. The summed E-state index contributed by atoms with van der Waals surface area (Å²) in [6.45, 7) is 6.73. The Hall–Kier alpha value is -0.770. The first kappa shape index (κ1) is 22.3. The molecule has 1 saturated heterocycles. The van der Waals surface area contributed by atoms with Gasteiger partial charge in [-0.2, -0.15) is 0 Å². The van der Waals surface area contributed by atoms with E-state index in [0.717, 1.165) is 19.4 Å². The van der Waals surface area contributed by atoms with Crippen molar-refractivity contribution in [1.82, 2.24) is 0 Å². The van der Waals surface area contributed by atoms with Gasteiger partial charge in [-0.05, 0) is 26.2 Å². The van der Waals surface area contributed by atoms with Gasteiger partial charge in [0.2, 0.25) is 0 Å². The van der Waals surface area contributed by atoms with Crippen molar-refractivity contribution in [3.05, 3.63) is 0 Å². The van der Waals surface area contributed by atoms with Crippen LogP contribution in [0.4, 0.5) is 0 Å². The molecule has 25 heavy (non-hydrogen) atoms. The molecule has 1 rings (SSSR count). The number of ether oxygens (including phenoxy) is 7. The second-order valence-corrected chi connectivity index (χ2v) is 5.36. The fraction of sp³-hybridized carbons (Fsp3) is 0.941. The molecular weight excluding hydrogens is 332 g/mol. The minimum Gasteiger partial charge on any atom is -0.464 e. The summed E-state index contributed by atoms with van der Waals surface area (Å²) in [5.74, 6) is -0.359. The minimum atomic E-state index is -0.359. The SMILES string of the molecule is CCOC(=O)COCCOCCOCCOCCOC1CCCCO1. The Labute approximate surface area is 150 Å². The van der Waals surface area contributed by atoms with Crippen molar-refractivity contribution >= 4 is 5.97 Å². The molecule has 0 saturated carbocycles. The lowest BCUT2D eigenvalue weighted by molar-refractivity contribution is -0.169. The van der Waals surface area contributed by atoms with E-state index in [2.05, 4.69) is 0 Å². The van der Waals surface area contributed by atoms with Crippen LogP contribution in [-0.2, 0) is 38.0 Å². The quantitative estimate of drug-likeness (QED) is 0.298. The maximum Gasteiger partial charge on any atom is 0.332 e. The molecular formula is C17H32O8. The zero-order valence-corrected chi connectivity index (χ0v) is 15.2. The molecule has 148 valence electrons. The molecule has 0 spiro atoms. The van der Waals surface area contributed by atoms with Gasteiger partial charge in [0.1, 0.15) is 6.61 Å². The van der Waals surface area contributed by atoms with E-state index < -0.39 is 0 Å². The number of hydrogen-bond acceptors (Lipinski definition) is 8. The maximum absolute atomic E-state index is 11.0. The van der Waals surface area contributed by atoms with Crippen LogP contribution in [0.2, 0.25) is 0 Å². The number of esters is 1. The van der Waals surface area contributed by atoms with Crippen LogP contribution in [0.25, 0.3) is 0 Å². The first-order valence-electron chi connectivity index (χ1n) is 9.02. The first-order chi connectivity index (χ1) is 12.3. The normalized spacial score (nSPS) is 17.6. The number of hydrogen-bond donors (Lipinski definition) is 0. The smallest absolute Gasteiger partial charge is 0.332 e. The fourth-order valence-corrected chi connectivity index (χ4v) is 2.10. The average molecular weight is 364 g/mol. The second kappa shape index (κ2) is 16.7. The molecule has 0 N–H and O–H groups in total. The second-order valence-electron chi connectivity index (χ2n) is 5.36. The highest BCUT2D eigenvalue weighted by atomic mass is 16.7. The molecule has 1 heterocycles. The van der Waals surface area contributed by atoms with Crippen molar-refractivity contribution in [1.29, 1.82) is 0 Å². The Kier molecular flexibility index (Phi) is 14.9. The van der Waals surface area contributed by atoms with Crippen molar-refractivity contribution in [2.24, 2.45) is 0 Å². The van der Waals surface area contributed by atoms with E-state index in [9.17, 15) is 4.79 Å². The van der Waals surface area contributed by atoms with Gasteiger partial charge in [-0.3, -0.25) is 0 Å². The topological polar surface area (TPSA) is 81.7 Å². The van der Waals surface area contributed by atoms with Gasteiger partial charge in [0, 0.05) is 6.61 Å². The van der Waals surface area contributed by atoms with E-state index in [1.165, 1.54) is 6.42 Å². The Balaban J connectivity index is 1.69. The molecule has 1 aliphatic heterocycles. The predicted octanol–water partition coefficient (Wildman–Crippen LogP) is 1.16. The van der Waals surface area contributed by atoms with E-state index in [4.69, 9.17) is 33.2 Å². The Morgan fingerprint density at radius 3 is 2.04 bits per heavy atom. The van der Waals surface area contributed by atoms with Crippen LogP contribution >= 0.6 is 0 Å². The van der Waals surface area contributed by atoms with Crippen LogP contribution in [0, 0.1) is 0 Å². The van der Waals surface area contributed by atoms with Gasteiger partial charge in [0.15, 0.2) is 6.29 Å². The Bertz CT molecular complexity index is 307. The minimum absolute atomic E-state index is 0.0401. The molecule has 8 nitrogen and oxygen atoms in total. The largest absolute Gasteiger partial charge is 0.464 e. The Morgan fingerprint density at radius 1 is 0.880 bits per heavy atom. The standard InChI is InChI=1S/C17H32O8/c1-2-23-16(18)15-22-12-11-20-8-7-19-9-10-21-13-14-25-17-5-3-4-6-24-17/h17H,2-15H2,1H3. The van der Waals surface area contributed by atoms with E-state index in [1.807, 2.05) is 0 Å². The molecule has 0 aliphatic carbocycles. The highest BCUT2D eigenvalue weighted by Gasteiger charge is 2.13. The molecule has 0 radical (unpaired) electrons. The molecule has 0 aromatic heterocycles. The molecule has 1 aliphatic rings. The third kappa shape index (κ3) is 14.1. The summed E-state index contributed by atoms with van der Waals surface area (Å²) in [6, 6.07) is 0. The highest BCUT2D eigenvalue weighted by Crippen LogP contribution is 2.13. The monoisotopic (exact) mass is 364 g/mol. The molecule has 0 bridgehead atoms. The lowest BCUT2D eigenvalue weighted by atomic mass is 10.2. The third-order valence-electron chi connectivity index (χ3n) is 3.31. The fourth-order valence-electron chi connectivity index (χ4n) is 2.10. The Morgan fingerprint density at radius 2 is 1.48 bits per heavy atom. The van der Waals surface area contributed by atoms with E-state index in [-0.39, 0.29) is 18.9 Å². The molecule has 0 aromatic carbocycles. The van der Waals surface area contributed by atoms with Gasteiger partial charge in [-0.25, -0.2) is 4.79 Å². The summed E-state index contributed by atoms with van der Waals surface area (Å²) in [5, 5.41) is 0. The summed E-state index contributed by atoms with van der Waals surface area (Å²) in [6.07, 6.45) is 3.19. The third-order valence-corrected chi connectivity index (χ3v) is 3.31. The molecule has 8 heteroatoms. The van der Waals surface area contributed by atoms with Crippen LogP contribution in [0.1, 0.15) is 26.2 Å². The molecule has 1 atom stereocenters. The van der Waals surface area contributed by atoms with Crippen molar-refractivity contribution in [2.45, 2.75) is 32.5 Å². The summed E-state index contributed by atoms with van der Waals surface area (Å²) in [4.78, 5) is 11.0. The van der Waals surface area contributed by atoms with Crippen molar-refractivity contribution < 1.29 is 38.0 Å². The van der Waals surface area contributed by atoms with E-state index in [0.29, 0.717) is 59.5 Å². The van der Waals surface area contributed by atoms with E-state index in [1.54, 1.807) is 6.92 Å². The lowest BCUT2D eigenvalue weighted by Gasteiger charge is -2.22. The van der Waals surface area contributed by atoms with Gasteiger partial charge in [-0.15, -0.1) is 0 Å². The van der Waals surface area contributed by atoms with Gasteiger partial charge >= 0.3 is 5.97 Å².